The van der Waals surface area contributed by atoms with Crippen molar-refractivity contribution in [1.29, 1.82) is 0 Å². The number of anilines is 2. The molecule has 0 amide bonds. The zero-order chi connectivity index (χ0) is 29.1. The number of ether oxygens (including phenoxy) is 2. The van der Waals surface area contributed by atoms with Crippen LogP contribution in [0, 0.1) is 5.92 Å². The molecule has 3 aliphatic rings. The molecule has 0 radical (unpaired) electrons. The molecule has 3 N–H and O–H groups in total. The Morgan fingerprint density at radius 2 is 1.77 bits per heavy atom. The standard InChI is InChI=1S/C33H43ClN6O2.2ClH/c1-22(2)30-12-8-26(36-30)21-41-18-17-39-13-15-40(16-14-39)32-29-10-5-24-19-27(42-20-23-3-6-25(34)7-4-23)9-11-28(24)31(29)37-33(35)38-32;;/h3-4,6-7,9,11,19,22,26,30,36H,5,8,10,12-18,20-21H2,1-2H3,(H2,35,37,38);2*1H. The third kappa shape index (κ3) is 8.27. The summed E-state index contributed by atoms with van der Waals surface area (Å²) in [5, 5.41) is 4.45. The van der Waals surface area contributed by atoms with Crippen molar-refractivity contribution in [2.45, 2.75) is 58.2 Å². The van der Waals surface area contributed by atoms with Gasteiger partial charge in [-0.05, 0) is 73.1 Å². The summed E-state index contributed by atoms with van der Waals surface area (Å²) in [6.45, 7) is 11.5. The van der Waals surface area contributed by atoms with Crippen molar-refractivity contribution in [2.75, 3.05) is 56.6 Å². The Bertz CT molecular complexity index is 1370. The zero-order valence-corrected chi connectivity index (χ0v) is 28.0. The van der Waals surface area contributed by atoms with Crippen LogP contribution in [0.5, 0.6) is 5.75 Å². The molecular weight excluding hydrogens is 619 g/mol. The van der Waals surface area contributed by atoms with Gasteiger partial charge in [-0.1, -0.05) is 37.6 Å². The lowest BCUT2D eigenvalue weighted by Gasteiger charge is -2.37. The average Bonchev–Trinajstić information content (AvgIpc) is 3.48. The second kappa shape index (κ2) is 15.8. The maximum atomic E-state index is 6.27. The lowest BCUT2D eigenvalue weighted by molar-refractivity contribution is 0.0873. The number of nitrogens with one attached hydrogen (secondary N) is 1. The maximum Gasteiger partial charge on any atom is 0.222 e. The van der Waals surface area contributed by atoms with Crippen LogP contribution in [-0.2, 0) is 24.2 Å². The third-order valence-electron chi connectivity index (χ3n) is 8.92. The van der Waals surface area contributed by atoms with Gasteiger partial charge in [0.25, 0.3) is 0 Å². The van der Waals surface area contributed by atoms with E-state index >= 15 is 0 Å². The number of halogens is 3. The van der Waals surface area contributed by atoms with E-state index in [9.17, 15) is 0 Å². The fourth-order valence-corrected chi connectivity index (χ4v) is 6.54. The van der Waals surface area contributed by atoms with E-state index in [0.717, 1.165) is 92.2 Å². The Labute approximate surface area is 278 Å². The van der Waals surface area contributed by atoms with Crippen LogP contribution in [0.25, 0.3) is 11.3 Å². The molecule has 2 saturated heterocycles. The third-order valence-corrected chi connectivity index (χ3v) is 9.17. The molecule has 1 aromatic heterocycles. The van der Waals surface area contributed by atoms with Crippen molar-refractivity contribution in [3.8, 4) is 17.0 Å². The summed E-state index contributed by atoms with van der Waals surface area (Å²) in [5.74, 6) is 2.87. The van der Waals surface area contributed by atoms with E-state index in [1.54, 1.807) is 0 Å². The van der Waals surface area contributed by atoms with Gasteiger partial charge in [0.05, 0.1) is 18.9 Å². The van der Waals surface area contributed by atoms with Crippen molar-refractivity contribution in [2.24, 2.45) is 5.92 Å². The van der Waals surface area contributed by atoms with Crippen LogP contribution >= 0.6 is 36.4 Å². The molecule has 0 saturated carbocycles. The summed E-state index contributed by atoms with van der Waals surface area (Å²) in [7, 11) is 0. The number of aromatic nitrogens is 2. The van der Waals surface area contributed by atoms with Crippen molar-refractivity contribution < 1.29 is 9.47 Å². The molecule has 3 heterocycles. The molecule has 2 atom stereocenters. The van der Waals surface area contributed by atoms with E-state index in [-0.39, 0.29) is 24.8 Å². The summed E-state index contributed by atoms with van der Waals surface area (Å²) in [6.07, 6.45) is 4.29. The number of piperazine rings is 1. The van der Waals surface area contributed by atoms with Crippen LogP contribution in [-0.4, -0.2) is 72.9 Å². The highest BCUT2D eigenvalue weighted by molar-refractivity contribution is 6.30. The minimum Gasteiger partial charge on any atom is -0.489 e. The first kappa shape index (κ1) is 34.5. The molecule has 2 fully saturated rings. The van der Waals surface area contributed by atoms with Crippen LogP contribution in [0.3, 0.4) is 0 Å². The monoisotopic (exact) mass is 662 g/mol. The number of nitrogens with zero attached hydrogens (tertiary/aromatic N) is 4. The van der Waals surface area contributed by atoms with Crippen molar-refractivity contribution in [3.63, 3.8) is 0 Å². The van der Waals surface area contributed by atoms with Crippen LogP contribution in [0.4, 0.5) is 11.8 Å². The van der Waals surface area contributed by atoms with Crippen LogP contribution in [0.1, 0.15) is 43.4 Å². The highest BCUT2D eigenvalue weighted by atomic mass is 35.5. The lowest BCUT2D eigenvalue weighted by Crippen LogP contribution is -2.48. The highest BCUT2D eigenvalue weighted by Gasteiger charge is 2.28. The second-order valence-electron chi connectivity index (χ2n) is 12.2. The first-order valence-electron chi connectivity index (χ1n) is 15.4. The Morgan fingerprint density at radius 1 is 1.00 bits per heavy atom. The largest absolute Gasteiger partial charge is 0.489 e. The van der Waals surface area contributed by atoms with Gasteiger partial charge in [-0.15, -0.1) is 24.8 Å². The number of nitrogen functional groups attached to an aromatic ring is 1. The van der Waals surface area contributed by atoms with E-state index in [1.807, 2.05) is 30.3 Å². The minimum atomic E-state index is 0. The lowest BCUT2D eigenvalue weighted by atomic mass is 9.88. The molecule has 44 heavy (non-hydrogen) atoms. The topological polar surface area (TPSA) is 88.8 Å². The molecule has 6 rings (SSSR count). The quantitative estimate of drug-likeness (QED) is 0.263. The first-order chi connectivity index (χ1) is 20.4. The normalized spacial score (nSPS) is 19.6. The van der Waals surface area contributed by atoms with Crippen molar-refractivity contribution >= 4 is 48.2 Å². The van der Waals surface area contributed by atoms with E-state index in [0.29, 0.717) is 30.6 Å². The summed E-state index contributed by atoms with van der Waals surface area (Å²) in [6, 6.07) is 15.2. The Kier molecular flexibility index (Phi) is 12.4. The number of fused-ring (bicyclic) bond motifs is 3. The fourth-order valence-electron chi connectivity index (χ4n) is 6.42. The number of benzene rings is 2. The van der Waals surface area contributed by atoms with Crippen molar-refractivity contribution in [1.82, 2.24) is 20.2 Å². The summed E-state index contributed by atoms with van der Waals surface area (Å²) >= 11 is 6.01. The molecule has 2 aliphatic heterocycles. The van der Waals surface area contributed by atoms with Crippen LogP contribution in [0.15, 0.2) is 42.5 Å². The van der Waals surface area contributed by atoms with E-state index in [4.69, 9.17) is 36.8 Å². The molecule has 1 aliphatic carbocycles. The van der Waals surface area contributed by atoms with Gasteiger partial charge >= 0.3 is 0 Å². The van der Waals surface area contributed by atoms with Gasteiger partial charge in [0.15, 0.2) is 0 Å². The summed E-state index contributed by atoms with van der Waals surface area (Å²) in [5.41, 5.74) is 11.9. The Balaban J connectivity index is 0.00000221. The van der Waals surface area contributed by atoms with Gasteiger partial charge in [0, 0.05) is 61.0 Å². The van der Waals surface area contributed by atoms with Crippen LogP contribution in [0.2, 0.25) is 5.02 Å². The number of hydrogen-bond acceptors (Lipinski definition) is 8. The molecule has 240 valence electrons. The number of rotatable bonds is 10. The molecular formula is C33H45Cl3N6O2. The van der Waals surface area contributed by atoms with Gasteiger partial charge in [-0.3, -0.25) is 4.90 Å². The van der Waals surface area contributed by atoms with E-state index in [2.05, 4.69) is 41.1 Å². The fraction of sp³-hybridized carbons (Fsp3) is 0.515. The summed E-state index contributed by atoms with van der Waals surface area (Å²) < 4.78 is 12.2. The smallest absolute Gasteiger partial charge is 0.222 e. The van der Waals surface area contributed by atoms with Gasteiger partial charge in [-0.25, -0.2) is 4.98 Å². The van der Waals surface area contributed by atoms with Gasteiger partial charge in [0.2, 0.25) is 5.95 Å². The predicted octanol–water partition coefficient (Wildman–Crippen LogP) is 5.82. The van der Waals surface area contributed by atoms with Crippen molar-refractivity contribution in [3.05, 3.63) is 64.2 Å². The molecule has 3 aromatic rings. The SMILES string of the molecule is CC(C)C1CCC(COCCN2CCN(c3nc(N)nc4c3CCc3cc(OCc5ccc(Cl)cc5)ccc3-4)CC2)N1.Cl.Cl. The van der Waals surface area contributed by atoms with Gasteiger partial charge < -0.3 is 25.4 Å². The van der Waals surface area contributed by atoms with E-state index in [1.165, 1.54) is 24.0 Å². The number of nitrogens with two attached hydrogens (primary N) is 1. The number of aryl methyl sites for hydroxylation is 1. The summed E-state index contributed by atoms with van der Waals surface area (Å²) in [4.78, 5) is 14.3. The predicted molar refractivity (Wildman–Crippen MR) is 184 cm³/mol. The molecule has 11 heteroatoms. The van der Waals surface area contributed by atoms with E-state index < -0.39 is 0 Å². The molecule has 2 unspecified atom stereocenters. The van der Waals surface area contributed by atoms with Gasteiger partial charge in [-0.2, -0.15) is 4.98 Å². The average molecular weight is 664 g/mol. The molecule has 0 bridgehead atoms. The Hall–Kier alpha value is -2.33. The molecule has 2 aromatic carbocycles. The minimum absolute atomic E-state index is 0. The number of hydrogen-bond donors (Lipinski definition) is 2. The molecule has 8 nitrogen and oxygen atoms in total. The first-order valence-corrected chi connectivity index (χ1v) is 15.8. The van der Waals surface area contributed by atoms with Crippen LogP contribution < -0.4 is 20.7 Å². The zero-order valence-electron chi connectivity index (χ0n) is 25.6. The van der Waals surface area contributed by atoms with Gasteiger partial charge in [0.1, 0.15) is 18.2 Å². The second-order valence-corrected chi connectivity index (χ2v) is 12.6. The maximum absolute atomic E-state index is 6.27. The Morgan fingerprint density at radius 3 is 2.50 bits per heavy atom. The highest BCUT2D eigenvalue weighted by Crippen LogP contribution is 2.38. The molecule has 0 spiro atoms.